The third-order valence-corrected chi connectivity index (χ3v) is 6.10. The molecule has 2 saturated heterocycles. The molecule has 0 unspecified atom stereocenters. The first-order valence-corrected chi connectivity index (χ1v) is 10.4. The Morgan fingerprint density at radius 1 is 1.17 bits per heavy atom. The summed E-state index contributed by atoms with van der Waals surface area (Å²) in [6.07, 6.45) is 3.98. The third-order valence-electron chi connectivity index (χ3n) is 6.10. The van der Waals surface area contributed by atoms with Gasteiger partial charge in [0.25, 0.3) is 0 Å². The summed E-state index contributed by atoms with van der Waals surface area (Å²) in [6.45, 7) is 4.88. The number of pyridine rings is 1. The second-order valence-corrected chi connectivity index (χ2v) is 8.10. The van der Waals surface area contributed by atoms with Crippen molar-refractivity contribution in [1.29, 1.82) is 0 Å². The predicted octanol–water partition coefficient (Wildman–Crippen LogP) is 2.71. The Labute approximate surface area is 174 Å². The smallest absolute Gasteiger partial charge is 0.225 e. The third kappa shape index (κ3) is 3.63. The van der Waals surface area contributed by atoms with Crippen LogP contribution < -0.4 is 4.90 Å². The number of rotatable bonds is 3. The van der Waals surface area contributed by atoms with Crippen molar-refractivity contribution in [3.63, 3.8) is 0 Å². The lowest BCUT2D eigenvalue weighted by molar-refractivity contribution is -0.132. The summed E-state index contributed by atoms with van der Waals surface area (Å²) in [7, 11) is 0. The molecule has 8 heteroatoms. The number of para-hydroxylation sites is 1. The molecular weight excluding hydrogens is 382 g/mol. The lowest BCUT2D eigenvalue weighted by Gasteiger charge is -2.43. The lowest BCUT2D eigenvalue weighted by Crippen LogP contribution is -2.52. The molecule has 0 N–H and O–H groups in total. The minimum atomic E-state index is -0.329. The van der Waals surface area contributed by atoms with Crippen molar-refractivity contribution >= 4 is 22.5 Å². The fourth-order valence-corrected chi connectivity index (χ4v) is 4.53. The van der Waals surface area contributed by atoms with Crippen molar-refractivity contribution in [2.45, 2.75) is 38.3 Å². The molecule has 2 fully saturated rings. The molecule has 2 aliphatic heterocycles. The number of anilines is 1. The molecule has 0 aliphatic carbocycles. The van der Waals surface area contributed by atoms with Gasteiger partial charge in [0.15, 0.2) is 5.82 Å². The number of piperidine rings is 1. The highest BCUT2D eigenvalue weighted by Gasteiger charge is 2.41. The van der Waals surface area contributed by atoms with E-state index in [-0.39, 0.29) is 11.5 Å². The average Bonchev–Trinajstić information content (AvgIpc) is 3.11. The number of carbonyl (C=O) groups is 1. The Balaban J connectivity index is 1.33. The zero-order valence-corrected chi connectivity index (χ0v) is 17.1. The number of fused-ring (bicyclic) bond motifs is 1. The molecule has 0 atom stereocenters. The Hall–Kier alpha value is -3.00. The van der Waals surface area contributed by atoms with Crippen LogP contribution in [-0.2, 0) is 16.1 Å². The molecule has 4 heterocycles. The monoisotopic (exact) mass is 407 g/mol. The number of aryl methyl sites for hydroxylation is 1. The van der Waals surface area contributed by atoms with E-state index in [2.05, 4.69) is 38.2 Å². The quantitative estimate of drug-likeness (QED) is 0.660. The summed E-state index contributed by atoms with van der Waals surface area (Å²) in [4.78, 5) is 25.6. The van der Waals surface area contributed by atoms with E-state index in [0.29, 0.717) is 37.8 Å². The van der Waals surface area contributed by atoms with Crippen LogP contribution in [0, 0.1) is 6.92 Å². The Kier molecular flexibility index (Phi) is 4.86. The SMILES string of the molecule is Cc1nc(CN2CC3(CCN(c4ccnc5ccccc45)CC3)OCCC2=O)no1. The van der Waals surface area contributed by atoms with Gasteiger partial charge in [-0.05, 0) is 25.0 Å². The van der Waals surface area contributed by atoms with Crippen LogP contribution in [0.1, 0.15) is 31.0 Å². The van der Waals surface area contributed by atoms with Crippen LogP contribution in [0.3, 0.4) is 0 Å². The molecular formula is C22H25N5O3. The van der Waals surface area contributed by atoms with Crippen LogP contribution in [0.15, 0.2) is 41.1 Å². The fourth-order valence-electron chi connectivity index (χ4n) is 4.53. The summed E-state index contributed by atoms with van der Waals surface area (Å²) in [5.74, 6) is 1.13. The Bertz CT molecular complexity index is 1050. The molecule has 30 heavy (non-hydrogen) atoms. The van der Waals surface area contributed by atoms with Crippen molar-refractivity contribution in [2.75, 3.05) is 31.1 Å². The number of hydrogen-bond donors (Lipinski definition) is 0. The topological polar surface area (TPSA) is 84.6 Å². The van der Waals surface area contributed by atoms with E-state index in [0.717, 1.165) is 31.4 Å². The van der Waals surface area contributed by atoms with Gasteiger partial charge in [-0.2, -0.15) is 4.98 Å². The summed E-state index contributed by atoms with van der Waals surface area (Å²) < 4.78 is 11.3. The summed E-state index contributed by atoms with van der Waals surface area (Å²) >= 11 is 0. The average molecular weight is 407 g/mol. The summed E-state index contributed by atoms with van der Waals surface area (Å²) in [5, 5.41) is 5.12. The normalized spacial score (nSPS) is 19.4. The molecule has 2 aromatic heterocycles. The van der Waals surface area contributed by atoms with Gasteiger partial charge in [0.2, 0.25) is 11.8 Å². The summed E-state index contributed by atoms with van der Waals surface area (Å²) in [6, 6.07) is 10.3. The van der Waals surface area contributed by atoms with Gasteiger partial charge < -0.3 is 19.1 Å². The maximum atomic E-state index is 12.6. The first-order valence-electron chi connectivity index (χ1n) is 10.4. The highest BCUT2D eigenvalue weighted by Crippen LogP contribution is 2.34. The van der Waals surface area contributed by atoms with E-state index in [4.69, 9.17) is 9.26 Å². The van der Waals surface area contributed by atoms with Crippen molar-refractivity contribution in [3.05, 3.63) is 48.2 Å². The first kappa shape index (κ1) is 19.0. The number of aromatic nitrogens is 3. The van der Waals surface area contributed by atoms with Crippen molar-refractivity contribution in [1.82, 2.24) is 20.0 Å². The van der Waals surface area contributed by atoms with E-state index in [1.165, 1.54) is 11.1 Å². The van der Waals surface area contributed by atoms with E-state index in [9.17, 15) is 4.79 Å². The van der Waals surface area contributed by atoms with Crippen LogP contribution in [0.2, 0.25) is 0 Å². The van der Waals surface area contributed by atoms with Gasteiger partial charge in [0.05, 0.1) is 37.2 Å². The number of benzene rings is 1. The maximum Gasteiger partial charge on any atom is 0.225 e. The molecule has 0 saturated carbocycles. The second-order valence-electron chi connectivity index (χ2n) is 8.10. The molecule has 2 aliphatic rings. The fraction of sp³-hybridized carbons (Fsp3) is 0.455. The van der Waals surface area contributed by atoms with Crippen molar-refractivity contribution in [3.8, 4) is 0 Å². The molecule has 5 rings (SSSR count). The minimum Gasteiger partial charge on any atom is -0.372 e. The first-order chi connectivity index (χ1) is 14.6. The molecule has 0 bridgehead atoms. The minimum absolute atomic E-state index is 0.0804. The standard InChI is InChI=1S/C22H25N5O3/c1-16-24-20(25-30-16)14-27-15-22(29-13-7-21(27)28)8-11-26(12-9-22)19-6-10-23-18-5-3-2-4-17(18)19/h2-6,10H,7-9,11-15H2,1H3. The van der Waals surface area contributed by atoms with Gasteiger partial charge in [-0.15, -0.1) is 0 Å². The van der Waals surface area contributed by atoms with E-state index in [1.807, 2.05) is 23.2 Å². The number of hydrogen-bond acceptors (Lipinski definition) is 7. The number of nitrogens with zero attached hydrogens (tertiary/aromatic N) is 5. The highest BCUT2D eigenvalue weighted by molar-refractivity contribution is 5.91. The zero-order chi connectivity index (χ0) is 20.6. The number of amides is 1. The van der Waals surface area contributed by atoms with Crippen molar-refractivity contribution in [2.24, 2.45) is 0 Å². The van der Waals surface area contributed by atoms with Crippen molar-refractivity contribution < 1.29 is 14.1 Å². The van der Waals surface area contributed by atoms with Crippen LogP contribution in [-0.4, -0.2) is 57.8 Å². The Morgan fingerprint density at radius 2 is 2.00 bits per heavy atom. The molecule has 1 amide bonds. The highest BCUT2D eigenvalue weighted by atomic mass is 16.5. The van der Waals surface area contributed by atoms with Gasteiger partial charge in [-0.25, -0.2) is 0 Å². The largest absolute Gasteiger partial charge is 0.372 e. The van der Waals surface area contributed by atoms with Crippen LogP contribution >= 0.6 is 0 Å². The van der Waals surface area contributed by atoms with Gasteiger partial charge in [0, 0.05) is 37.3 Å². The van der Waals surface area contributed by atoms with Crippen LogP contribution in [0.25, 0.3) is 10.9 Å². The molecule has 0 radical (unpaired) electrons. The lowest BCUT2D eigenvalue weighted by atomic mass is 9.90. The molecule has 156 valence electrons. The van der Waals surface area contributed by atoms with E-state index < -0.39 is 0 Å². The molecule has 1 aromatic carbocycles. The number of ether oxygens (including phenoxy) is 1. The van der Waals surface area contributed by atoms with Crippen LogP contribution in [0.5, 0.6) is 0 Å². The zero-order valence-electron chi connectivity index (χ0n) is 17.1. The maximum absolute atomic E-state index is 12.6. The second kappa shape index (κ2) is 7.68. The predicted molar refractivity (Wildman–Crippen MR) is 111 cm³/mol. The van der Waals surface area contributed by atoms with E-state index in [1.54, 1.807) is 6.92 Å². The van der Waals surface area contributed by atoms with Gasteiger partial charge in [0.1, 0.15) is 0 Å². The van der Waals surface area contributed by atoms with Gasteiger partial charge in [-0.1, -0.05) is 23.4 Å². The van der Waals surface area contributed by atoms with E-state index >= 15 is 0 Å². The number of carbonyl (C=O) groups excluding carboxylic acids is 1. The molecule has 1 spiro atoms. The summed E-state index contributed by atoms with van der Waals surface area (Å²) in [5.41, 5.74) is 1.89. The van der Waals surface area contributed by atoms with Gasteiger partial charge >= 0.3 is 0 Å². The van der Waals surface area contributed by atoms with Gasteiger partial charge in [-0.3, -0.25) is 9.78 Å². The molecule has 3 aromatic rings. The Morgan fingerprint density at radius 3 is 2.80 bits per heavy atom. The van der Waals surface area contributed by atoms with Crippen LogP contribution in [0.4, 0.5) is 5.69 Å². The molecule has 8 nitrogen and oxygen atoms in total.